The summed E-state index contributed by atoms with van der Waals surface area (Å²) < 4.78 is 1.77. The van der Waals surface area contributed by atoms with E-state index in [9.17, 15) is 9.90 Å². The van der Waals surface area contributed by atoms with Crippen molar-refractivity contribution in [1.82, 2.24) is 9.55 Å². The molecule has 0 radical (unpaired) electrons. The largest absolute Gasteiger partial charge is 0.506 e. The fourth-order valence-electron chi connectivity index (χ4n) is 3.35. The summed E-state index contributed by atoms with van der Waals surface area (Å²) in [6.07, 6.45) is 10.6. The SMILES string of the molecule is CCCCCCCn1c(=O)c(C=NCc2ccncc2)c(O)c2ccccc21. The van der Waals surface area contributed by atoms with Gasteiger partial charge in [-0.15, -0.1) is 0 Å². The fraction of sp³-hybridized carbons (Fsp3) is 0.348. The number of hydrogen-bond donors (Lipinski definition) is 1. The molecule has 0 bridgehead atoms. The molecule has 0 saturated carbocycles. The van der Waals surface area contributed by atoms with Crippen molar-refractivity contribution in [2.24, 2.45) is 4.99 Å². The molecule has 0 unspecified atom stereocenters. The van der Waals surface area contributed by atoms with Crippen molar-refractivity contribution in [3.63, 3.8) is 0 Å². The van der Waals surface area contributed by atoms with Crippen LogP contribution in [0.15, 0.2) is 58.6 Å². The second-order valence-electron chi connectivity index (χ2n) is 6.98. The lowest BCUT2D eigenvalue weighted by atomic mass is 10.1. The highest BCUT2D eigenvalue weighted by Crippen LogP contribution is 2.25. The number of rotatable bonds is 9. The van der Waals surface area contributed by atoms with Crippen molar-refractivity contribution in [3.05, 3.63) is 70.3 Å². The number of aryl methyl sites for hydroxylation is 1. The maximum Gasteiger partial charge on any atom is 0.263 e. The number of para-hydroxylation sites is 1. The molecule has 3 aromatic rings. The zero-order chi connectivity index (χ0) is 19.8. The average Bonchev–Trinajstić information content (AvgIpc) is 2.73. The van der Waals surface area contributed by atoms with Crippen LogP contribution in [0.1, 0.15) is 50.2 Å². The Labute approximate surface area is 165 Å². The second kappa shape index (κ2) is 9.83. The second-order valence-corrected chi connectivity index (χ2v) is 6.98. The van der Waals surface area contributed by atoms with Gasteiger partial charge in [0.05, 0.1) is 12.1 Å². The van der Waals surface area contributed by atoms with Crippen LogP contribution in [0.4, 0.5) is 0 Å². The van der Waals surface area contributed by atoms with Gasteiger partial charge in [-0.1, -0.05) is 44.7 Å². The lowest BCUT2D eigenvalue weighted by Crippen LogP contribution is -2.24. The molecular weight excluding hydrogens is 350 g/mol. The molecule has 0 aliphatic heterocycles. The minimum atomic E-state index is -0.190. The van der Waals surface area contributed by atoms with E-state index >= 15 is 0 Å². The number of aromatic hydroxyl groups is 1. The van der Waals surface area contributed by atoms with E-state index in [2.05, 4.69) is 16.9 Å². The van der Waals surface area contributed by atoms with Gasteiger partial charge in [-0.05, 0) is 36.2 Å². The molecule has 0 aliphatic rings. The minimum absolute atomic E-state index is 0.00121. The number of benzene rings is 1. The molecule has 5 heteroatoms. The Hall–Kier alpha value is -2.95. The molecule has 28 heavy (non-hydrogen) atoms. The number of hydrogen-bond acceptors (Lipinski definition) is 4. The molecule has 0 atom stereocenters. The first-order valence-electron chi connectivity index (χ1n) is 9.95. The molecule has 5 nitrogen and oxygen atoms in total. The van der Waals surface area contributed by atoms with Crippen LogP contribution >= 0.6 is 0 Å². The van der Waals surface area contributed by atoms with E-state index in [1.807, 2.05) is 36.4 Å². The van der Waals surface area contributed by atoms with E-state index in [-0.39, 0.29) is 16.9 Å². The van der Waals surface area contributed by atoms with E-state index < -0.39 is 0 Å². The van der Waals surface area contributed by atoms with Crippen molar-refractivity contribution in [2.45, 2.75) is 52.1 Å². The summed E-state index contributed by atoms with van der Waals surface area (Å²) >= 11 is 0. The van der Waals surface area contributed by atoms with Gasteiger partial charge in [0.15, 0.2) is 0 Å². The first-order chi connectivity index (χ1) is 13.7. The molecule has 146 valence electrons. The lowest BCUT2D eigenvalue weighted by molar-refractivity contribution is 0.476. The van der Waals surface area contributed by atoms with Gasteiger partial charge in [0.1, 0.15) is 11.3 Å². The molecular formula is C23H27N3O2. The van der Waals surface area contributed by atoms with Crippen molar-refractivity contribution in [3.8, 4) is 5.75 Å². The Balaban J connectivity index is 1.90. The van der Waals surface area contributed by atoms with E-state index in [1.54, 1.807) is 17.0 Å². The minimum Gasteiger partial charge on any atom is -0.506 e. The number of nitrogens with zero attached hydrogens (tertiary/aromatic N) is 3. The van der Waals surface area contributed by atoms with Crippen LogP contribution in [-0.4, -0.2) is 20.9 Å². The molecule has 0 aliphatic carbocycles. The third-order valence-electron chi connectivity index (χ3n) is 4.91. The number of unbranched alkanes of at least 4 members (excludes halogenated alkanes) is 4. The quantitative estimate of drug-likeness (QED) is 0.434. The normalized spacial score (nSPS) is 11.5. The summed E-state index contributed by atoms with van der Waals surface area (Å²) in [7, 11) is 0. The standard InChI is InChI=1S/C23H27N3O2/c1-2-3-4-5-8-15-26-21-10-7-6-9-19(21)22(27)20(23(26)28)17-25-16-18-11-13-24-14-12-18/h6-7,9-14,17,27H,2-5,8,15-16H2,1H3. The first-order valence-corrected chi connectivity index (χ1v) is 9.95. The zero-order valence-corrected chi connectivity index (χ0v) is 16.3. The topological polar surface area (TPSA) is 67.5 Å². The third-order valence-corrected chi connectivity index (χ3v) is 4.91. The lowest BCUT2D eigenvalue weighted by Gasteiger charge is -2.13. The van der Waals surface area contributed by atoms with Gasteiger partial charge in [0.2, 0.25) is 0 Å². The van der Waals surface area contributed by atoms with Crippen molar-refractivity contribution in [2.75, 3.05) is 0 Å². The Bertz CT molecular complexity index is 994. The third kappa shape index (κ3) is 4.66. The molecule has 1 aromatic carbocycles. The number of aromatic nitrogens is 2. The van der Waals surface area contributed by atoms with Gasteiger partial charge in [0, 0.05) is 30.5 Å². The van der Waals surface area contributed by atoms with E-state index in [0.717, 1.165) is 23.9 Å². The molecule has 0 fully saturated rings. The van der Waals surface area contributed by atoms with E-state index in [1.165, 1.54) is 25.5 Å². The number of pyridine rings is 2. The van der Waals surface area contributed by atoms with Crippen molar-refractivity contribution >= 4 is 17.1 Å². The first kappa shape index (κ1) is 19.8. The predicted molar refractivity (Wildman–Crippen MR) is 114 cm³/mol. The predicted octanol–water partition coefficient (Wildman–Crippen LogP) is 4.69. The number of fused-ring (bicyclic) bond motifs is 1. The van der Waals surface area contributed by atoms with Gasteiger partial charge in [-0.2, -0.15) is 0 Å². The summed E-state index contributed by atoms with van der Waals surface area (Å²) in [4.78, 5) is 21.4. The molecule has 0 amide bonds. The van der Waals surface area contributed by atoms with E-state index in [0.29, 0.717) is 18.5 Å². The summed E-state index contributed by atoms with van der Waals surface area (Å²) in [6.45, 7) is 3.27. The van der Waals surface area contributed by atoms with Crippen LogP contribution < -0.4 is 5.56 Å². The highest BCUT2D eigenvalue weighted by molar-refractivity contribution is 5.95. The van der Waals surface area contributed by atoms with Crippen LogP contribution in [0.25, 0.3) is 10.9 Å². The maximum atomic E-state index is 13.1. The Morgan fingerprint density at radius 2 is 1.82 bits per heavy atom. The van der Waals surface area contributed by atoms with E-state index in [4.69, 9.17) is 0 Å². The molecule has 0 spiro atoms. The molecule has 1 N–H and O–H groups in total. The summed E-state index contributed by atoms with van der Waals surface area (Å²) in [6, 6.07) is 11.3. The zero-order valence-electron chi connectivity index (χ0n) is 16.3. The van der Waals surface area contributed by atoms with Crippen molar-refractivity contribution < 1.29 is 5.11 Å². The Morgan fingerprint density at radius 1 is 1.07 bits per heavy atom. The Kier molecular flexibility index (Phi) is 6.95. The van der Waals surface area contributed by atoms with Gasteiger partial charge in [-0.25, -0.2) is 0 Å². The molecule has 3 rings (SSSR count). The summed E-state index contributed by atoms with van der Waals surface area (Å²) in [5.41, 5.74) is 1.83. The van der Waals surface area contributed by atoms with Gasteiger partial charge < -0.3 is 9.67 Å². The molecule has 2 heterocycles. The highest BCUT2D eigenvalue weighted by atomic mass is 16.3. The van der Waals surface area contributed by atoms with Crippen LogP contribution in [0.3, 0.4) is 0 Å². The summed E-state index contributed by atoms with van der Waals surface area (Å²) in [5.74, 6) is 0.00121. The van der Waals surface area contributed by atoms with Crippen LogP contribution in [0.5, 0.6) is 5.75 Å². The smallest absolute Gasteiger partial charge is 0.263 e. The summed E-state index contributed by atoms with van der Waals surface area (Å²) in [5, 5.41) is 11.4. The van der Waals surface area contributed by atoms with Crippen LogP contribution in [0, 0.1) is 0 Å². The van der Waals surface area contributed by atoms with Gasteiger partial charge in [0.25, 0.3) is 5.56 Å². The fourth-order valence-corrected chi connectivity index (χ4v) is 3.35. The van der Waals surface area contributed by atoms with Gasteiger partial charge >= 0.3 is 0 Å². The monoisotopic (exact) mass is 377 g/mol. The van der Waals surface area contributed by atoms with Crippen LogP contribution in [-0.2, 0) is 13.1 Å². The van der Waals surface area contributed by atoms with Crippen molar-refractivity contribution in [1.29, 1.82) is 0 Å². The molecule has 2 aromatic heterocycles. The van der Waals surface area contributed by atoms with Crippen LogP contribution in [0.2, 0.25) is 0 Å². The maximum absolute atomic E-state index is 13.1. The molecule has 0 saturated heterocycles. The average molecular weight is 377 g/mol. The number of aliphatic imine (C=N–C) groups is 1. The Morgan fingerprint density at radius 3 is 2.61 bits per heavy atom. The van der Waals surface area contributed by atoms with Gasteiger partial charge in [-0.3, -0.25) is 14.8 Å². The highest BCUT2D eigenvalue weighted by Gasteiger charge is 2.14.